The van der Waals surface area contributed by atoms with Crippen LogP contribution in [0.25, 0.3) is 22.2 Å². The number of halogens is 1. The van der Waals surface area contributed by atoms with Crippen molar-refractivity contribution >= 4 is 10.9 Å². The monoisotopic (exact) mass is 255 g/mol. The van der Waals surface area contributed by atoms with Crippen molar-refractivity contribution in [1.82, 2.24) is 4.98 Å². The molecule has 1 aromatic heterocycles. The lowest BCUT2D eigenvalue weighted by Crippen LogP contribution is -2.03. The second-order valence-electron chi connectivity index (χ2n) is 4.26. The molecule has 0 spiro atoms. The Morgan fingerprint density at radius 1 is 1.05 bits per heavy atom. The molecule has 0 saturated heterocycles. The highest BCUT2D eigenvalue weighted by molar-refractivity contribution is 5.86. The number of hydrogen-bond donors (Lipinski definition) is 2. The minimum atomic E-state index is -0.366. The van der Waals surface area contributed by atoms with E-state index in [0.29, 0.717) is 16.8 Å². The summed E-state index contributed by atoms with van der Waals surface area (Å²) in [6.07, 6.45) is 0. The molecular weight excluding hydrogens is 245 g/mol. The zero-order valence-corrected chi connectivity index (χ0v) is 9.85. The number of hydrogen-bond acceptors (Lipinski definition) is 2. The van der Waals surface area contributed by atoms with E-state index < -0.39 is 0 Å². The Kier molecular flexibility index (Phi) is 2.56. The Labute approximate surface area is 108 Å². The number of nitrogens with one attached hydrogen (secondary N) is 1. The number of aromatic nitrogens is 1. The molecule has 0 unspecified atom stereocenters. The van der Waals surface area contributed by atoms with Gasteiger partial charge in [-0.1, -0.05) is 18.2 Å². The topological polar surface area (TPSA) is 53.1 Å². The van der Waals surface area contributed by atoms with Crippen LogP contribution < -0.4 is 5.43 Å². The largest absolute Gasteiger partial charge is 0.507 e. The molecule has 19 heavy (non-hydrogen) atoms. The summed E-state index contributed by atoms with van der Waals surface area (Å²) in [5.41, 5.74) is 1.32. The molecule has 3 rings (SSSR count). The number of H-pyrrole nitrogens is 1. The zero-order valence-electron chi connectivity index (χ0n) is 9.85. The average Bonchev–Trinajstić information content (AvgIpc) is 2.38. The number of aromatic hydroxyl groups is 1. The van der Waals surface area contributed by atoms with Gasteiger partial charge >= 0.3 is 0 Å². The Balaban J connectivity index is 2.30. The first-order chi connectivity index (χ1) is 9.15. The van der Waals surface area contributed by atoms with Crippen LogP contribution in [0.3, 0.4) is 0 Å². The first kappa shape index (κ1) is 11.5. The molecule has 94 valence electrons. The summed E-state index contributed by atoms with van der Waals surface area (Å²) < 4.78 is 13.2. The number of phenols is 1. The molecule has 0 atom stereocenters. The summed E-state index contributed by atoms with van der Waals surface area (Å²) in [6, 6.07) is 12.1. The summed E-state index contributed by atoms with van der Waals surface area (Å²) in [4.78, 5) is 15.0. The standard InChI is InChI=1S/C15H10FNO2/c16-10-4-1-3-9(7-10)12-8-14(19)15-11(17-12)5-2-6-13(15)18/h1-8,18H,(H,17,19). The van der Waals surface area contributed by atoms with E-state index in [0.717, 1.165) is 0 Å². The van der Waals surface area contributed by atoms with Crippen LogP contribution in [0.2, 0.25) is 0 Å². The number of aromatic amines is 1. The van der Waals surface area contributed by atoms with Crippen molar-refractivity contribution in [2.45, 2.75) is 0 Å². The second-order valence-corrected chi connectivity index (χ2v) is 4.26. The maximum absolute atomic E-state index is 13.2. The molecule has 0 fully saturated rings. The number of pyridine rings is 1. The molecule has 1 heterocycles. The lowest BCUT2D eigenvalue weighted by Gasteiger charge is -2.05. The molecule has 3 nitrogen and oxygen atoms in total. The Bertz CT molecular complexity index is 824. The van der Waals surface area contributed by atoms with Gasteiger partial charge in [0.2, 0.25) is 0 Å². The highest BCUT2D eigenvalue weighted by Gasteiger charge is 2.07. The van der Waals surface area contributed by atoms with Gasteiger partial charge in [-0.3, -0.25) is 4.79 Å². The minimum Gasteiger partial charge on any atom is -0.507 e. The lowest BCUT2D eigenvalue weighted by atomic mass is 10.1. The summed E-state index contributed by atoms with van der Waals surface area (Å²) in [5, 5.41) is 9.92. The van der Waals surface area contributed by atoms with Crippen molar-refractivity contribution in [3.63, 3.8) is 0 Å². The van der Waals surface area contributed by atoms with Gasteiger partial charge in [-0.05, 0) is 24.3 Å². The van der Waals surface area contributed by atoms with E-state index >= 15 is 0 Å². The number of rotatable bonds is 1. The second kappa shape index (κ2) is 4.24. The van der Waals surface area contributed by atoms with Gasteiger partial charge in [-0.2, -0.15) is 0 Å². The van der Waals surface area contributed by atoms with E-state index in [2.05, 4.69) is 4.98 Å². The van der Waals surface area contributed by atoms with Crippen LogP contribution in [0, 0.1) is 5.82 Å². The Morgan fingerprint density at radius 3 is 2.63 bits per heavy atom. The number of benzene rings is 2. The summed E-state index contributed by atoms with van der Waals surface area (Å²) in [7, 11) is 0. The maximum atomic E-state index is 13.2. The van der Waals surface area contributed by atoms with Crippen LogP contribution in [-0.2, 0) is 0 Å². The molecule has 2 aromatic carbocycles. The fourth-order valence-corrected chi connectivity index (χ4v) is 2.10. The van der Waals surface area contributed by atoms with E-state index in [1.807, 2.05) is 0 Å². The van der Waals surface area contributed by atoms with Crippen LogP contribution in [-0.4, -0.2) is 10.1 Å². The summed E-state index contributed by atoms with van der Waals surface area (Å²) in [5.74, 6) is -0.432. The van der Waals surface area contributed by atoms with Gasteiger partial charge in [-0.15, -0.1) is 0 Å². The van der Waals surface area contributed by atoms with Gasteiger partial charge < -0.3 is 10.1 Å². The predicted molar refractivity (Wildman–Crippen MR) is 71.6 cm³/mol. The van der Waals surface area contributed by atoms with Crippen molar-refractivity contribution < 1.29 is 9.50 Å². The van der Waals surface area contributed by atoms with E-state index in [9.17, 15) is 14.3 Å². The Hall–Kier alpha value is -2.62. The smallest absolute Gasteiger partial charge is 0.193 e. The van der Waals surface area contributed by atoms with Gasteiger partial charge in [0.05, 0.1) is 10.9 Å². The van der Waals surface area contributed by atoms with Crippen LogP contribution in [0.1, 0.15) is 0 Å². The zero-order chi connectivity index (χ0) is 13.4. The summed E-state index contributed by atoms with van der Waals surface area (Å²) >= 11 is 0. The van der Waals surface area contributed by atoms with Crippen LogP contribution in [0.5, 0.6) is 5.75 Å². The molecule has 0 amide bonds. The van der Waals surface area contributed by atoms with Crippen molar-refractivity contribution in [3.05, 3.63) is 64.6 Å². The highest BCUT2D eigenvalue weighted by Crippen LogP contribution is 2.23. The van der Waals surface area contributed by atoms with Crippen LogP contribution in [0.4, 0.5) is 4.39 Å². The third-order valence-corrected chi connectivity index (χ3v) is 2.97. The predicted octanol–water partition coefficient (Wildman–Crippen LogP) is 3.04. The number of fused-ring (bicyclic) bond motifs is 1. The van der Waals surface area contributed by atoms with Crippen molar-refractivity contribution in [1.29, 1.82) is 0 Å². The van der Waals surface area contributed by atoms with E-state index in [4.69, 9.17) is 0 Å². The molecule has 0 aliphatic carbocycles. The molecular formula is C15H10FNO2. The van der Waals surface area contributed by atoms with Crippen LogP contribution in [0.15, 0.2) is 53.3 Å². The van der Waals surface area contributed by atoms with E-state index in [1.54, 1.807) is 24.3 Å². The number of phenolic OH excluding ortho intramolecular Hbond substituents is 1. The van der Waals surface area contributed by atoms with Gasteiger partial charge in [0.15, 0.2) is 5.43 Å². The highest BCUT2D eigenvalue weighted by atomic mass is 19.1. The minimum absolute atomic E-state index is 0.0652. The lowest BCUT2D eigenvalue weighted by molar-refractivity contribution is 0.481. The Morgan fingerprint density at radius 2 is 1.84 bits per heavy atom. The molecule has 0 bridgehead atoms. The third kappa shape index (κ3) is 1.97. The van der Waals surface area contributed by atoms with Gasteiger partial charge in [-0.25, -0.2) is 4.39 Å². The van der Waals surface area contributed by atoms with Gasteiger partial charge in [0.1, 0.15) is 11.6 Å². The first-order valence-corrected chi connectivity index (χ1v) is 5.76. The van der Waals surface area contributed by atoms with Crippen LogP contribution >= 0.6 is 0 Å². The summed E-state index contributed by atoms with van der Waals surface area (Å²) in [6.45, 7) is 0. The molecule has 2 N–H and O–H groups in total. The first-order valence-electron chi connectivity index (χ1n) is 5.76. The molecule has 0 saturated carbocycles. The molecule has 0 aliphatic rings. The molecule has 0 radical (unpaired) electrons. The van der Waals surface area contributed by atoms with Gasteiger partial charge in [0.25, 0.3) is 0 Å². The molecule has 0 aliphatic heterocycles. The van der Waals surface area contributed by atoms with Gasteiger partial charge in [0, 0.05) is 17.3 Å². The third-order valence-electron chi connectivity index (χ3n) is 2.97. The van der Waals surface area contributed by atoms with E-state index in [1.165, 1.54) is 24.3 Å². The average molecular weight is 255 g/mol. The molecule has 3 aromatic rings. The van der Waals surface area contributed by atoms with Crippen molar-refractivity contribution in [2.75, 3.05) is 0 Å². The fraction of sp³-hybridized carbons (Fsp3) is 0. The molecule has 4 heteroatoms. The fourth-order valence-electron chi connectivity index (χ4n) is 2.10. The quantitative estimate of drug-likeness (QED) is 0.702. The van der Waals surface area contributed by atoms with E-state index in [-0.39, 0.29) is 22.4 Å². The van der Waals surface area contributed by atoms with Crippen molar-refractivity contribution in [2.24, 2.45) is 0 Å². The SMILES string of the molecule is O=c1cc(-c2cccc(F)c2)[nH]c2cccc(O)c12. The van der Waals surface area contributed by atoms with Crippen molar-refractivity contribution in [3.8, 4) is 17.0 Å². The normalized spacial score (nSPS) is 10.8. The maximum Gasteiger partial charge on any atom is 0.193 e.